The number of nitrogens with one attached hydrogen (secondary N) is 4. The molecule has 1 aliphatic heterocycles. The number of thioether (sulfide) groups is 1. The molecule has 3 rings (SSSR count). The molecule has 1 saturated carbocycles. The van der Waals surface area contributed by atoms with Gasteiger partial charge in [0.2, 0.25) is 29.5 Å². The highest BCUT2D eigenvalue weighted by molar-refractivity contribution is 8.02. The van der Waals surface area contributed by atoms with Gasteiger partial charge in [-0.05, 0) is 37.2 Å². The van der Waals surface area contributed by atoms with Crippen LogP contribution in [0.4, 0.5) is 0 Å². The highest BCUT2D eigenvalue weighted by atomic mass is 32.2. The molecule has 230 valence electrons. The Bertz CT molecular complexity index is 1140. The van der Waals surface area contributed by atoms with Gasteiger partial charge in [-0.3, -0.25) is 28.8 Å². The standard InChI is InChI=1S/C29H42N6O6S/c1-3-29(4-2,20-12-8-9-13-20)42-22-15-26(39)35(28(22)41)33-18-24(37)31-17-25(38)34-21(27(40)32-16-23(30)36)14-19-10-6-5-7-11-19/h5-7,10-11,20-22,33H,3-4,8-9,12-18H2,1-2H3,(H2,30,36)(H,31,37)(H,32,40)(H,34,38). The van der Waals surface area contributed by atoms with Crippen molar-refractivity contribution in [3.8, 4) is 0 Å². The first-order valence-electron chi connectivity index (χ1n) is 14.5. The van der Waals surface area contributed by atoms with Gasteiger partial charge < -0.3 is 21.7 Å². The lowest BCUT2D eigenvalue weighted by atomic mass is 9.85. The van der Waals surface area contributed by atoms with Gasteiger partial charge in [0.1, 0.15) is 6.04 Å². The van der Waals surface area contributed by atoms with Crippen LogP contribution in [-0.4, -0.2) is 76.1 Å². The van der Waals surface area contributed by atoms with Gasteiger partial charge in [-0.25, -0.2) is 10.4 Å². The third-order valence-corrected chi connectivity index (χ3v) is 10.0. The van der Waals surface area contributed by atoms with E-state index in [4.69, 9.17) is 5.73 Å². The summed E-state index contributed by atoms with van der Waals surface area (Å²) in [5, 5.41) is 7.78. The normalized spacial score (nSPS) is 18.1. The lowest BCUT2D eigenvalue weighted by molar-refractivity contribution is -0.142. The van der Waals surface area contributed by atoms with Crippen LogP contribution in [0.5, 0.6) is 0 Å². The van der Waals surface area contributed by atoms with Crippen LogP contribution in [-0.2, 0) is 35.2 Å². The van der Waals surface area contributed by atoms with Crippen molar-refractivity contribution >= 4 is 47.2 Å². The second-order valence-electron chi connectivity index (χ2n) is 10.7. The van der Waals surface area contributed by atoms with E-state index in [-0.39, 0.29) is 42.5 Å². The van der Waals surface area contributed by atoms with Crippen LogP contribution in [0.3, 0.4) is 0 Å². The first kappa shape index (κ1) is 33.1. The summed E-state index contributed by atoms with van der Waals surface area (Å²) in [7, 11) is 0. The zero-order valence-electron chi connectivity index (χ0n) is 24.3. The Hall–Kier alpha value is -3.45. The molecule has 0 spiro atoms. The summed E-state index contributed by atoms with van der Waals surface area (Å²) in [6, 6.07) is 7.97. The smallest absolute Gasteiger partial charge is 0.257 e. The van der Waals surface area contributed by atoms with Crippen LogP contribution in [0, 0.1) is 5.92 Å². The molecule has 1 aromatic carbocycles. The molecular weight excluding hydrogens is 560 g/mol. The number of hydrogen-bond acceptors (Lipinski definition) is 8. The van der Waals surface area contributed by atoms with Gasteiger partial charge in [-0.2, -0.15) is 0 Å². The van der Waals surface area contributed by atoms with E-state index in [2.05, 4.69) is 35.2 Å². The highest BCUT2D eigenvalue weighted by Crippen LogP contribution is 2.50. The van der Waals surface area contributed by atoms with Crippen molar-refractivity contribution < 1.29 is 28.8 Å². The molecule has 2 atom stereocenters. The van der Waals surface area contributed by atoms with Crippen LogP contribution < -0.4 is 27.1 Å². The third-order valence-electron chi connectivity index (χ3n) is 7.99. The van der Waals surface area contributed by atoms with Crippen LogP contribution in [0.15, 0.2) is 30.3 Å². The average Bonchev–Trinajstić information content (AvgIpc) is 3.61. The largest absolute Gasteiger partial charge is 0.368 e. The second-order valence-corrected chi connectivity index (χ2v) is 12.4. The lowest BCUT2D eigenvalue weighted by Crippen LogP contribution is -2.52. The fraction of sp³-hybridized carbons (Fsp3) is 0.586. The molecule has 1 saturated heterocycles. The number of amides is 6. The molecule has 0 radical (unpaired) electrons. The Morgan fingerprint density at radius 3 is 2.26 bits per heavy atom. The fourth-order valence-electron chi connectivity index (χ4n) is 5.68. The van der Waals surface area contributed by atoms with E-state index >= 15 is 0 Å². The first-order valence-corrected chi connectivity index (χ1v) is 15.4. The maximum Gasteiger partial charge on any atom is 0.257 e. The Balaban J connectivity index is 1.49. The van der Waals surface area contributed by atoms with Crippen molar-refractivity contribution in [3.63, 3.8) is 0 Å². The molecule has 1 aliphatic carbocycles. The number of carbonyl (C=O) groups excluding carboxylic acids is 6. The van der Waals surface area contributed by atoms with Gasteiger partial charge in [-0.15, -0.1) is 11.8 Å². The van der Waals surface area contributed by atoms with Crippen LogP contribution >= 0.6 is 11.8 Å². The minimum Gasteiger partial charge on any atom is -0.368 e. The monoisotopic (exact) mass is 602 g/mol. The Labute approximate surface area is 250 Å². The van der Waals surface area contributed by atoms with E-state index in [9.17, 15) is 28.8 Å². The zero-order valence-corrected chi connectivity index (χ0v) is 25.1. The van der Waals surface area contributed by atoms with E-state index in [1.807, 2.05) is 6.07 Å². The number of nitrogens with zero attached hydrogens (tertiary/aromatic N) is 1. The van der Waals surface area contributed by atoms with E-state index in [1.165, 1.54) is 12.8 Å². The Morgan fingerprint density at radius 1 is 0.976 bits per heavy atom. The predicted octanol–water partition coefficient (Wildman–Crippen LogP) is 0.546. The molecule has 0 bridgehead atoms. The van der Waals surface area contributed by atoms with Crippen molar-refractivity contribution in [2.45, 2.75) is 81.3 Å². The molecule has 2 fully saturated rings. The minimum atomic E-state index is -1.01. The van der Waals surface area contributed by atoms with Crippen molar-refractivity contribution in [1.82, 2.24) is 26.4 Å². The Morgan fingerprint density at radius 2 is 1.64 bits per heavy atom. The summed E-state index contributed by atoms with van der Waals surface area (Å²) in [5.41, 5.74) is 8.49. The number of carbonyl (C=O) groups is 6. The average molecular weight is 603 g/mol. The molecule has 13 heteroatoms. The molecule has 1 heterocycles. The summed E-state index contributed by atoms with van der Waals surface area (Å²) in [4.78, 5) is 74.4. The van der Waals surface area contributed by atoms with E-state index in [0.717, 1.165) is 36.3 Å². The number of nitrogens with two attached hydrogens (primary N) is 1. The number of hydrazine groups is 1. The van der Waals surface area contributed by atoms with Crippen molar-refractivity contribution in [2.75, 3.05) is 19.6 Å². The third kappa shape index (κ3) is 9.02. The number of primary amides is 1. The first-order chi connectivity index (χ1) is 20.1. The molecule has 42 heavy (non-hydrogen) atoms. The maximum absolute atomic E-state index is 13.1. The second kappa shape index (κ2) is 15.7. The number of hydrogen-bond donors (Lipinski definition) is 5. The van der Waals surface area contributed by atoms with Crippen molar-refractivity contribution in [2.24, 2.45) is 11.7 Å². The summed E-state index contributed by atoms with van der Waals surface area (Å²) in [5.74, 6) is -2.78. The number of benzene rings is 1. The zero-order chi connectivity index (χ0) is 30.7. The van der Waals surface area contributed by atoms with E-state index < -0.39 is 41.5 Å². The molecule has 2 unspecified atom stereocenters. The summed E-state index contributed by atoms with van der Waals surface area (Å²) < 4.78 is -0.0486. The van der Waals surface area contributed by atoms with Crippen LogP contribution in [0.2, 0.25) is 0 Å². The molecule has 2 aliphatic rings. The topological polar surface area (TPSA) is 180 Å². The quantitative estimate of drug-likeness (QED) is 0.170. The highest BCUT2D eigenvalue weighted by Gasteiger charge is 2.46. The number of imide groups is 1. The van der Waals surface area contributed by atoms with Crippen LogP contribution in [0.25, 0.3) is 0 Å². The van der Waals surface area contributed by atoms with Crippen molar-refractivity contribution in [1.29, 1.82) is 0 Å². The van der Waals surface area contributed by atoms with E-state index in [1.54, 1.807) is 36.0 Å². The number of rotatable bonds is 16. The van der Waals surface area contributed by atoms with Gasteiger partial charge in [0.25, 0.3) is 5.91 Å². The van der Waals surface area contributed by atoms with Gasteiger partial charge >= 0.3 is 0 Å². The summed E-state index contributed by atoms with van der Waals surface area (Å²) in [6.45, 7) is 3.08. The molecule has 6 amide bonds. The SMILES string of the molecule is CCC(CC)(SC1CC(=O)N(NCC(=O)NCC(=O)NC(Cc2ccccc2)C(=O)NCC(N)=O)C1=O)C1CCCC1. The molecule has 12 nitrogen and oxygen atoms in total. The maximum atomic E-state index is 13.1. The summed E-state index contributed by atoms with van der Waals surface area (Å²) in [6.07, 6.45) is 6.76. The molecule has 1 aromatic rings. The van der Waals surface area contributed by atoms with Gasteiger partial charge in [-0.1, -0.05) is 57.0 Å². The van der Waals surface area contributed by atoms with Crippen molar-refractivity contribution in [3.05, 3.63) is 35.9 Å². The minimum absolute atomic E-state index is 0.0486. The van der Waals surface area contributed by atoms with Crippen LogP contribution in [0.1, 0.15) is 64.4 Å². The molecule has 0 aromatic heterocycles. The predicted molar refractivity (Wildman–Crippen MR) is 158 cm³/mol. The Kier molecular flexibility index (Phi) is 12.3. The molecular formula is C29H42N6O6S. The summed E-state index contributed by atoms with van der Waals surface area (Å²) >= 11 is 1.61. The fourth-order valence-corrected chi connectivity index (χ4v) is 7.44. The lowest BCUT2D eigenvalue weighted by Gasteiger charge is -2.38. The van der Waals surface area contributed by atoms with Gasteiger partial charge in [0.15, 0.2) is 0 Å². The van der Waals surface area contributed by atoms with Gasteiger partial charge in [0, 0.05) is 17.6 Å². The molecule has 6 N–H and O–H groups in total. The van der Waals surface area contributed by atoms with Gasteiger partial charge in [0.05, 0.1) is 24.9 Å². The van der Waals surface area contributed by atoms with E-state index in [0.29, 0.717) is 5.92 Å².